The van der Waals surface area contributed by atoms with Gasteiger partial charge in [0.25, 0.3) is 5.56 Å². The number of rotatable bonds is 7. The molecule has 32 heavy (non-hydrogen) atoms. The molecular formula is C24H23ClFNO5. The molecule has 6 nitrogen and oxygen atoms in total. The Balaban J connectivity index is 2.10. The number of ether oxygens (including phenoxy) is 1. The summed E-state index contributed by atoms with van der Waals surface area (Å²) in [7, 11) is 1.19. The Bertz CT molecular complexity index is 1170. The zero-order valence-electron chi connectivity index (χ0n) is 17.6. The third kappa shape index (κ3) is 4.94. The van der Waals surface area contributed by atoms with Crippen molar-refractivity contribution in [1.82, 2.24) is 4.57 Å². The first kappa shape index (κ1) is 23.3. The van der Waals surface area contributed by atoms with E-state index in [1.165, 1.54) is 35.9 Å². The zero-order chi connectivity index (χ0) is 23.4. The van der Waals surface area contributed by atoms with Gasteiger partial charge in [0.2, 0.25) is 0 Å². The monoisotopic (exact) mass is 459 g/mol. The van der Waals surface area contributed by atoms with Gasteiger partial charge in [-0.3, -0.25) is 9.59 Å². The number of carbonyl (C=O) groups excluding carboxylic acids is 1. The molecule has 0 aliphatic heterocycles. The molecule has 1 aromatic heterocycles. The molecule has 0 aliphatic rings. The van der Waals surface area contributed by atoms with Gasteiger partial charge >= 0.3 is 5.97 Å². The Morgan fingerprint density at radius 1 is 1.16 bits per heavy atom. The number of methoxy groups -OCH3 is 1. The second-order valence-corrected chi connectivity index (χ2v) is 7.83. The van der Waals surface area contributed by atoms with Crippen LogP contribution >= 0.6 is 11.6 Å². The van der Waals surface area contributed by atoms with E-state index in [-0.39, 0.29) is 40.6 Å². The minimum Gasteiger partial charge on any atom is -0.508 e. The van der Waals surface area contributed by atoms with Gasteiger partial charge in [-0.05, 0) is 49.2 Å². The Labute approximate surface area is 189 Å². The summed E-state index contributed by atoms with van der Waals surface area (Å²) in [6, 6.07) is 12.1. The minimum absolute atomic E-state index is 0.0360. The highest BCUT2D eigenvalue weighted by molar-refractivity contribution is 6.31. The number of phenols is 1. The van der Waals surface area contributed by atoms with E-state index >= 15 is 0 Å². The number of esters is 1. The predicted molar refractivity (Wildman–Crippen MR) is 119 cm³/mol. The molecular weight excluding hydrogens is 437 g/mol. The summed E-state index contributed by atoms with van der Waals surface area (Å²) in [6.07, 6.45) is 0.105. The van der Waals surface area contributed by atoms with Gasteiger partial charge in [-0.25, -0.2) is 4.39 Å². The largest absolute Gasteiger partial charge is 0.508 e. The molecule has 3 rings (SSSR count). The molecule has 168 valence electrons. The lowest BCUT2D eigenvalue weighted by atomic mass is 9.87. The molecule has 8 heteroatoms. The van der Waals surface area contributed by atoms with E-state index in [2.05, 4.69) is 0 Å². The molecule has 2 aromatic carbocycles. The normalized spacial score (nSPS) is 11.9. The van der Waals surface area contributed by atoms with Crippen LogP contribution in [0.2, 0.25) is 5.02 Å². The van der Waals surface area contributed by atoms with Crippen molar-refractivity contribution >= 4 is 17.6 Å². The van der Waals surface area contributed by atoms with Crippen LogP contribution in [0.3, 0.4) is 0 Å². The van der Waals surface area contributed by atoms with Gasteiger partial charge in [0.1, 0.15) is 17.3 Å². The first-order valence-electron chi connectivity index (χ1n) is 9.94. The fourth-order valence-electron chi connectivity index (χ4n) is 3.72. The third-order valence-corrected chi connectivity index (χ3v) is 5.71. The summed E-state index contributed by atoms with van der Waals surface area (Å²) in [5, 5.41) is 20.1. The van der Waals surface area contributed by atoms with Crippen LogP contribution in [0, 0.1) is 12.7 Å². The van der Waals surface area contributed by atoms with Crippen molar-refractivity contribution in [2.75, 3.05) is 7.11 Å². The molecule has 1 atom stereocenters. The fourth-order valence-corrected chi connectivity index (χ4v) is 4.01. The van der Waals surface area contributed by atoms with E-state index in [4.69, 9.17) is 16.3 Å². The van der Waals surface area contributed by atoms with Gasteiger partial charge in [-0.15, -0.1) is 0 Å². The van der Waals surface area contributed by atoms with Gasteiger partial charge in [0.05, 0.1) is 19.1 Å². The number of hydrogen-bond donors (Lipinski definition) is 2. The van der Waals surface area contributed by atoms with Crippen LogP contribution in [0.25, 0.3) is 0 Å². The number of aromatic hydroxyl groups is 2. The molecule has 3 aromatic rings. The van der Waals surface area contributed by atoms with Crippen molar-refractivity contribution in [2.24, 2.45) is 0 Å². The zero-order valence-corrected chi connectivity index (χ0v) is 18.4. The van der Waals surface area contributed by atoms with E-state index in [0.717, 1.165) is 5.56 Å². The van der Waals surface area contributed by atoms with Crippen molar-refractivity contribution in [1.29, 1.82) is 0 Å². The second kappa shape index (κ2) is 9.87. The molecule has 0 aliphatic carbocycles. The average molecular weight is 460 g/mol. The van der Waals surface area contributed by atoms with Gasteiger partial charge in [-0.1, -0.05) is 29.8 Å². The molecule has 0 saturated heterocycles. The summed E-state index contributed by atoms with van der Waals surface area (Å²) in [5.41, 5.74) is 0.674. The maximum absolute atomic E-state index is 14.7. The second-order valence-electron chi connectivity index (χ2n) is 7.43. The van der Waals surface area contributed by atoms with E-state index in [0.29, 0.717) is 12.1 Å². The Hall–Kier alpha value is -3.32. The van der Waals surface area contributed by atoms with Crippen LogP contribution < -0.4 is 5.56 Å². The van der Waals surface area contributed by atoms with Crippen molar-refractivity contribution in [3.8, 4) is 11.5 Å². The Morgan fingerprint density at radius 2 is 1.84 bits per heavy atom. The van der Waals surface area contributed by atoms with Crippen LogP contribution in [0.4, 0.5) is 4.39 Å². The van der Waals surface area contributed by atoms with Crippen LogP contribution in [0.5, 0.6) is 11.5 Å². The number of halogens is 2. The molecule has 0 saturated carbocycles. The first-order chi connectivity index (χ1) is 15.2. The van der Waals surface area contributed by atoms with Crippen molar-refractivity contribution in [3.05, 3.63) is 92.1 Å². The lowest BCUT2D eigenvalue weighted by molar-refractivity contribution is -0.140. The molecule has 0 radical (unpaired) electrons. The van der Waals surface area contributed by atoms with Crippen LogP contribution in [0.1, 0.15) is 34.7 Å². The molecule has 0 fully saturated rings. The third-order valence-electron chi connectivity index (χ3n) is 5.38. The maximum Gasteiger partial charge on any atom is 0.306 e. The first-order valence-corrected chi connectivity index (χ1v) is 10.3. The number of phenolic OH excluding ortho intramolecular Hbond substituents is 1. The maximum atomic E-state index is 14.7. The van der Waals surface area contributed by atoms with Crippen molar-refractivity contribution in [2.45, 2.75) is 32.2 Å². The summed E-state index contributed by atoms with van der Waals surface area (Å²) in [4.78, 5) is 25.5. The number of aromatic nitrogens is 1. The van der Waals surface area contributed by atoms with Gasteiger partial charge in [0, 0.05) is 28.7 Å². The summed E-state index contributed by atoms with van der Waals surface area (Å²) in [6.45, 7) is 1.95. The highest BCUT2D eigenvalue weighted by Gasteiger charge is 2.30. The number of pyridine rings is 1. The number of benzene rings is 2. The standard InChI is InChI=1S/C24H23ClFNO5/c1-14-12-20(29)23(24(31)27(14)11-10-15-6-8-16(28)9-7-15)17(13-21(30)32-2)22-18(25)4-3-5-19(22)26/h3-9,12,17,28-29H,10-11,13H2,1-2H3. The average Bonchev–Trinajstić information content (AvgIpc) is 2.74. The van der Waals surface area contributed by atoms with E-state index in [9.17, 15) is 24.2 Å². The number of aryl methyl sites for hydroxylation is 2. The minimum atomic E-state index is -1.14. The quantitative estimate of drug-likeness (QED) is 0.514. The number of nitrogens with zero attached hydrogens (tertiary/aromatic N) is 1. The molecule has 2 N–H and O–H groups in total. The molecule has 0 amide bonds. The molecule has 0 bridgehead atoms. The van der Waals surface area contributed by atoms with Crippen molar-refractivity contribution < 1.29 is 24.1 Å². The highest BCUT2D eigenvalue weighted by Crippen LogP contribution is 2.37. The SMILES string of the molecule is COC(=O)CC(c1c(F)cccc1Cl)c1c(O)cc(C)n(CCc2ccc(O)cc2)c1=O. The van der Waals surface area contributed by atoms with Crippen LogP contribution in [-0.4, -0.2) is 27.9 Å². The molecule has 1 unspecified atom stereocenters. The van der Waals surface area contributed by atoms with Gasteiger partial charge in [-0.2, -0.15) is 0 Å². The van der Waals surface area contributed by atoms with E-state index in [1.807, 2.05) is 0 Å². The van der Waals surface area contributed by atoms with Crippen molar-refractivity contribution in [3.63, 3.8) is 0 Å². The lowest BCUT2D eigenvalue weighted by Crippen LogP contribution is -2.29. The predicted octanol–water partition coefficient (Wildman–Crippen LogP) is 4.30. The molecule has 1 heterocycles. The van der Waals surface area contributed by atoms with E-state index in [1.54, 1.807) is 31.2 Å². The topological polar surface area (TPSA) is 88.8 Å². The Kier molecular flexibility index (Phi) is 7.20. The van der Waals surface area contributed by atoms with Gasteiger partial charge in [0.15, 0.2) is 0 Å². The van der Waals surface area contributed by atoms with Crippen LogP contribution in [-0.2, 0) is 22.5 Å². The number of carbonyl (C=O) groups is 1. The number of hydrogen-bond acceptors (Lipinski definition) is 5. The highest BCUT2D eigenvalue weighted by atomic mass is 35.5. The van der Waals surface area contributed by atoms with Gasteiger partial charge < -0.3 is 19.5 Å². The summed E-state index contributed by atoms with van der Waals surface area (Å²) in [5.74, 6) is -2.71. The van der Waals surface area contributed by atoms with Crippen LogP contribution in [0.15, 0.2) is 53.3 Å². The Morgan fingerprint density at radius 3 is 2.47 bits per heavy atom. The summed E-state index contributed by atoms with van der Waals surface area (Å²) < 4.78 is 20.9. The fraction of sp³-hybridized carbons (Fsp3) is 0.250. The van der Waals surface area contributed by atoms with E-state index < -0.39 is 23.3 Å². The summed E-state index contributed by atoms with van der Waals surface area (Å²) >= 11 is 6.23. The smallest absolute Gasteiger partial charge is 0.306 e. The molecule has 0 spiro atoms. The lowest BCUT2D eigenvalue weighted by Gasteiger charge is -2.21.